The Balaban J connectivity index is 1.10. The number of fused-ring (bicyclic) bond motifs is 3. The zero-order valence-electron chi connectivity index (χ0n) is 27.7. The van der Waals surface area contributed by atoms with Crippen molar-refractivity contribution in [3.8, 4) is 33.5 Å². The number of nitrogens with zero attached hydrogens (tertiary/aromatic N) is 1. The van der Waals surface area contributed by atoms with Crippen molar-refractivity contribution in [2.45, 2.75) is 65.2 Å². The number of H-pyrrole nitrogens is 1. The molecule has 0 amide bonds. The maximum absolute atomic E-state index is 5.03. The standard InChI is InChI=1S/C45H42N2/c1-4-10-41-40-12-7-9-14-43(40)47-45(41)34-21-17-32(18-22-34)36-26-30(5-2)39-24-23-35(27-37(39)28-36)31-15-19-33(20-16-31)44-25-29(3)38-11-6-8-13-42(38)46-44/h6,8-9,11,13-24,26-29,47H,4-5,7,10,12,25H2,1-3H3. The number of aryl methyl sites for hydroxylation is 1. The maximum atomic E-state index is 5.03. The highest BCUT2D eigenvalue weighted by atomic mass is 14.8. The number of nitrogens with one attached hydrogen (secondary N) is 1. The second-order valence-corrected chi connectivity index (χ2v) is 13.4. The van der Waals surface area contributed by atoms with Gasteiger partial charge in [0, 0.05) is 17.1 Å². The van der Waals surface area contributed by atoms with Crippen molar-refractivity contribution >= 4 is 28.2 Å². The van der Waals surface area contributed by atoms with Crippen LogP contribution in [0.3, 0.4) is 0 Å². The van der Waals surface area contributed by atoms with Crippen LogP contribution in [0, 0.1) is 0 Å². The molecule has 2 aliphatic rings. The van der Waals surface area contributed by atoms with Gasteiger partial charge in [0.15, 0.2) is 0 Å². The van der Waals surface area contributed by atoms with Gasteiger partial charge < -0.3 is 4.98 Å². The van der Waals surface area contributed by atoms with Crippen molar-refractivity contribution in [1.29, 1.82) is 0 Å². The molecule has 0 fully saturated rings. The lowest BCUT2D eigenvalue weighted by Crippen LogP contribution is -2.11. The lowest BCUT2D eigenvalue weighted by molar-refractivity contribution is 0.792. The molecule has 0 bridgehead atoms. The Morgan fingerprint density at radius 1 is 0.745 bits per heavy atom. The molecule has 2 heteroatoms. The maximum Gasteiger partial charge on any atom is 0.0668 e. The summed E-state index contributed by atoms with van der Waals surface area (Å²) in [5.41, 5.74) is 18.2. The Hall–Kier alpha value is -4.95. The van der Waals surface area contributed by atoms with Crippen molar-refractivity contribution in [3.63, 3.8) is 0 Å². The van der Waals surface area contributed by atoms with Gasteiger partial charge in [0.2, 0.25) is 0 Å². The van der Waals surface area contributed by atoms with Crippen molar-refractivity contribution in [2.75, 3.05) is 0 Å². The summed E-state index contributed by atoms with van der Waals surface area (Å²) >= 11 is 0. The highest BCUT2D eigenvalue weighted by Gasteiger charge is 2.20. The largest absolute Gasteiger partial charge is 0.355 e. The number of rotatable bonds is 7. The molecular weight excluding hydrogens is 569 g/mol. The number of hydrogen-bond donors (Lipinski definition) is 1. The number of para-hydroxylation sites is 1. The highest BCUT2D eigenvalue weighted by molar-refractivity contribution is 6.04. The third kappa shape index (κ3) is 5.46. The Morgan fingerprint density at radius 2 is 1.45 bits per heavy atom. The van der Waals surface area contributed by atoms with Gasteiger partial charge in [-0.05, 0) is 129 Å². The molecule has 6 aromatic rings. The quantitative estimate of drug-likeness (QED) is 0.186. The molecule has 2 heterocycles. The van der Waals surface area contributed by atoms with Crippen LogP contribution in [-0.4, -0.2) is 10.7 Å². The zero-order chi connectivity index (χ0) is 31.9. The van der Waals surface area contributed by atoms with Crippen LogP contribution in [0.15, 0.2) is 114 Å². The van der Waals surface area contributed by atoms with E-state index in [1.807, 2.05) is 0 Å². The summed E-state index contributed by atoms with van der Waals surface area (Å²) in [6.45, 7) is 6.85. The van der Waals surface area contributed by atoms with E-state index in [2.05, 4.69) is 141 Å². The fraction of sp³-hybridized carbons (Fsp3) is 0.222. The molecule has 0 radical (unpaired) electrons. The topological polar surface area (TPSA) is 28.1 Å². The molecule has 8 rings (SSSR count). The van der Waals surface area contributed by atoms with Crippen LogP contribution in [0.1, 0.15) is 79.5 Å². The molecule has 1 atom stereocenters. The smallest absolute Gasteiger partial charge is 0.0668 e. The van der Waals surface area contributed by atoms with Crippen molar-refractivity contribution in [2.24, 2.45) is 4.99 Å². The summed E-state index contributed by atoms with van der Waals surface area (Å²) < 4.78 is 0. The Bertz CT molecular complexity index is 2160. The van der Waals surface area contributed by atoms with E-state index in [4.69, 9.17) is 4.99 Å². The summed E-state index contributed by atoms with van der Waals surface area (Å²) in [5.74, 6) is 0.478. The minimum Gasteiger partial charge on any atom is -0.355 e. The molecule has 232 valence electrons. The average molecular weight is 611 g/mol. The fourth-order valence-electron chi connectivity index (χ4n) is 7.78. The van der Waals surface area contributed by atoms with Crippen molar-refractivity contribution < 1.29 is 0 Å². The van der Waals surface area contributed by atoms with Crippen LogP contribution in [0.4, 0.5) is 5.69 Å². The third-order valence-electron chi connectivity index (χ3n) is 10.3. The predicted molar refractivity (Wildman–Crippen MR) is 201 cm³/mol. The number of aromatic amines is 1. The van der Waals surface area contributed by atoms with Crippen LogP contribution in [0.2, 0.25) is 0 Å². The monoisotopic (exact) mass is 610 g/mol. The minimum atomic E-state index is 0.478. The highest BCUT2D eigenvalue weighted by Crippen LogP contribution is 2.38. The SMILES string of the molecule is CCCc1c(-c2ccc(-c3cc(CC)c4ccc(-c5ccc(C6=Nc7ccccc7C(C)C6)cc5)cc4c3)cc2)[nH]c2c1CCC=C2. The van der Waals surface area contributed by atoms with Crippen LogP contribution in [0.5, 0.6) is 0 Å². The van der Waals surface area contributed by atoms with E-state index in [1.54, 1.807) is 0 Å². The minimum absolute atomic E-state index is 0.478. The molecule has 1 aliphatic carbocycles. The third-order valence-corrected chi connectivity index (χ3v) is 10.3. The molecule has 47 heavy (non-hydrogen) atoms. The Kier molecular flexibility index (Phi) is 7.73. The molecule has 2 nitrogen and oxygen atoms in total. The molecule has 5 aromatic carbocycles. The van der Waals surface area contributed by atoms with Crippen molar-refractivity contribution in [1.82, 2.24) is 4.98 Å². The van der Waals surface area contributed by atoms with Gasteiger partial charge in [-0.1, -0.05) is 118 Å². The van der Waals surface area contributed by atoms with Gasteiger partial charge in [0.1, 0.15) is 0 Å². The first-order valence-electron chi connectivity index (χ1n) is 17.4. The molecular formula is C45H42N2. The first kappa shape index (κ1) is 29.5. The lowest BCUT2D eigenvalue weighted by Gasteiger charge is -2.22. The summed E-state index contributed by atoms with van der Waals surface area (Å²) in [6.07, 6.45) is 11.1. The molecule has 0 saturated carbocycles. The van der Waals surface area contributed by atoms with Crippen LogP contribution in [0.25, 0.3) is 50.4 Å². The first-order chi connectivity index (χ1) is 23.1. The number of benzene rings is 5. The van der Waals surface area contributed by atoms with Gasteiger partial charge >= 0.3 is 0 Å². The summed E-state index contributed by atoms with van der Waals surface area (Å²) in [7, 11) is 0. The van der Waals surface area contributed by atoms with E-state index in [1.165, 1.54) is 83.5 Å². The van der Waals surface area contributed by atoms with Gasteiger partial charge in [-0.3, -0.25) is 4.99 Å². The lowest BCUT2D eigenvalue weighted by atomic mass is 9.88. The summed E-state index contributed by atoms with van der Waals surface area (Å²) in [5, 5.41) is 2.63. The zero-order valence-corrected chi connectivity index (χ0v) is 27.7. The first-order valence-corrected chi connectivity index (χ1v) is 17.4. The van der Waals surface area contributed by atoms with Crippen LogP contribution < -0.4 is 0 Å². The fourth-order valence-corrected chi connectivity index (χ4v) is 7.78. The average Bonchev–Trinajstić information content (AvgIpc) is 3.49. The second-order valence-electron chi connectivity index (χ2n) is 13.4. The molecule has 0 spiro atoms. The van der Waals surface area contributed by atoms with E-state index >= 15 is 0 Å². The molecule has 1 aliphatic heterocycles. The van der Waals surface area contributed by atoms with E-state index in [-0.39, 0.29) is 0 Å². The van der Waals surface area contributed by atoms with E-state index in [9.17, 15) is 0 Å². The van der Waals surface area contributed by atoms with Crippen LogP contribution >= 0.6 is 0 Å². The van der Waals surface area contributed by atoms with Gasteiger partial charge in [-0.25, -0.2) is 0 Å². The predicted octanol–water partition coefficient (Wildman–Crippen LogP) is 12.3. The molecule has 1 N–H and O–H groups in total. The number of hydrogen-bond acceptors (Lipinski definition) is 1. The molecule has 0 saturated heterocycles. The van der Waals surface area contributed by atoms with Crippen molar-refractivity contribution in [3.05, 3.63) is 143 Å². The van der Waals surface area contributed by atoms with E-state index in [0.717, 1.165) is 44.2 Å². The summed E-state index contributed by atoms with van der Waals surface area (Å²) in [6, 6.07) is 38.5. The second kappa shape index (κ2) is 12.3. The van der Waals surface area contributed by atoms with Gasteiger partial charge in [0.25, 0.3) is 0 Å². The summed E-state index contributed by atoms with van der Waals surface area (Å²) in [4.78, 5) is 8.79. The number of aromatic nitrogens is 1. The normalized spacial score (nSPS) is 15.4. The molecule has 1 unspecified atom stereocenters. The number of allylic oxidation sites excluding steroid dienone is 1. The van der Waals surface area contributed by atoms with Crippen LogP contribution in [-0.2, 0) is 19.3 Å². The van der Waals surface area contributed by atoms with E-state index in [0.29, 0.717) is 5.92 Å². The molecule has 1 aromatic heterocycles. The van der Waals surface area contributed by atoms with E-state index < -0.39 is 0 Å². The van der Waals surface area contributed by atoms with Gasteiger partial charge in [-0.2, -0.15) is 0 Å². The van der Waals surface area contributed by atoms with Gasteiger partial charge in [0.05, 0.1) is 5.69 Å². The number of aliphatic imine (C=N–C) groups is 1. The Morgan fingerprint density at radius 3 is 2.23 bits per heavy atom. The van der Waals surface area contributed by atoms with Gasteiger partial charge in [-0.15, -0.1) is 0 Å². The Labute approximate surface area is 278 Å².